The summed E-state index contributed by atoms with van der Waals surface area (Å²) in [5.41, 5.74) is 6.90. The number of nitrogens with zero attached hydrogens (tertiary/aromatic N) is 2. The van der Waals surface area contributed by atoms with E-state index in [4.69, 9.17) is 5.73 Å². The number of rotatable bonds is 5. The minimum absolute atomic E-state index is 0.171. The Morgan fingerprint density at radius 1 is 1.42 bits per heavy atom. The molecule has 1 aliphatic rings. The maximum atomic E-state index is 12.2. The Labute approximate surface area is 115 Å². The van der Waals surface area contributed by atoms with Crippen molar-refractivity contribution in [2.75, 3.05) is 26.7 Å². The van der Waals surface area contributed by atoms with Gasteiger partial charge in [0.2, 0.25) is 5.91 Å². The van der Waals surface area contributed by atoms with Gasteiger partial charge in [-0.2, -0.15) is 0 Å². The Balaban J connectivity index is 1.85. The van der Waals surface area contributed by atoms with Crippen molar-refractivity contribution in [2.24, 2.45) is 5.73 Å². The number of amides is 1. The van der Waals surface area contributed by atoms with Gasteiger partial charge < -0.3 is 10.6 Å². The van der Waals surface area contributed by atoms with E-state index < -0.39 is 0 Å². The van der Waals surface area contributed by atoms with E-state index in [-0.39, 0.29) is 5.91 Å². The summed E-state index contributed by atoms with van der Waals surface area (Å²) < 4.78 is 0. The number of benzene rings is 1. The third kappa shape index (κ3) is 3.78. The summed E-state index contributed by atoms with van der Waals surface area (Å²) in [4.78, 5) is 16.2. The van der Waals surface area contributed by atoms with Gasteiger partial charge in [0.1, 0.15) is 0 Å². The number of hydrogen-bond donors (Lipinski definition) is 1. The SMILES string of the molecule is CN(Cc1ccccc1)C(=O)CN1CCCC1CN. The van der Waals surface area contributed by atoms with Crippen LogP contribution in [0.2, 0.25) is 0 Å². The largest absolute Gasteiger partial charge is 0.340 e. The molecule has 1 fully saturated rings. The standard InChI is InChI=1S/C15H23N3O/c1-17(11-13-6-3-2-4-7-13)15(19)12-18-9-5-8-14(18)10-16/h2-4,6-7,14H,5,8-12,16H2,1H3. The van der Waals surface area contributed by atoms with Crippen LogP contribution in [0.15, 0.2) is 30.3 Å². The lowest BCUT2D eigenvalue weighted by molar-refractivity contribution is -0.131. The highest BCUT2D eigenvalue weighted by atomic mass is 16.2. The van der Waals surface area contributed by atoms with Gasteiger partial charge >= 0.3 is 0 Å². The van der Waals surface area contributed by atoms with E-state index in [0.717, 1.165) is 24.9 Å². The van der Waals surface area contributed by atoms with Crippen LogP contribution in [0, 0.1) is 0 Å². The number of likely N-dealkylation sites (N-methyl/N-ethyl adjacent to an activating group) is 1. The first kappa shape index (κ1) is 14.0. The van der Waals surface area contributed by atoms with E-state index in [2.05, 4.69) is 4.90 Å². The lowest BCUT2D eigenvalue weighted by atomic mass is 10.2. The second-order valence-corrected chi connectivity index (χ2v) is 5.24. The molecule has 0 radical (unpaired) electrons. The summed E-state index contributed by atoms with van der Waals surface area (Å²) >= 11 is 0. The number of carbonyl (C=O) groups excluding carboxylic acids is 1. The molecule has 0 saturated carbocycles. The summed E-state index contributed by atoms with van der Waals surface area (Å²) in [5.74, 6) is 0.171. The Kier molecular flexibility index (Phi) is 4.93. The number of nitrogens with two attached hydrogens (primary N) is 1. The van der Waals surface area contributed by atoms with E-state index in [1.54, 1.807) is 4.90 Å². The van der Waals surface area contributed by atoms with E-state index >= 15 is 0 Å². The minimum atomic E-state index is 0.171. The topological polar surface area (TPSA) is 49.6 Å². The monoisotopic (exact) mass is 261 g/mol. The lowest BCUT2D eigenvalue weighted by Crippen LogP contribution is -2.43. The summed E-state index contributed by atoms with van der Waals surface area (Å²) in [6, 6.07) is 10.5. The van der Waals surface area contributed by atoms with Gasteiger partial charge in [-0.15, -0.1) is 0 Å². The highest BCUT2D eigenvalue weighted by Gasteiger charge is 2.25. The molecule has 1 saturated heterocycles. The molecule has 2 N–H and O–H groups in total. The summed E-state index contributed by atoms with van der Waals surface area (Å²) in [6.07, 6.45) is 2.27. The normalized spacial score (nSPS) is 19.6. The maximum Gasteiger partial charge on any atom is 0.236 e. The molecule has 2 rings (SSSR count). The van der Waals surface area contributed by atoms with E-state index in [1.165, 1.54) is 0 Å². The Bertz CT molecular complexity index is 407. The molecule has 1 aliphatic heterocycles. The summed E-state index contributed by atoms with van der Waals surface area (Å²) in [7, 11) is 1.86. The fourth-order valence-corrected chi connectivity index (χ4v) is 2.61. The maximum absolute atomic E-state index is 12.2. The Morgan fingerprint density at radius 2 is 2.16 bits per heavy atom. The van der Waals surface area contributed by atoms with Gasteiger partial charge in [0.25, 0.3) is 0 Å². The van der Waals surface area contributed by atoms with Crippen molar-refractivity contribution in [3.8, 4) is 0 Å². The van der Waals surface area contributed by atoms with Crippen molar-refractivity contribution < 1.29 is 4.79 Å². The molecule has 4 nitrogen and oxygen atoms in total. The molecule has 1 aromatic rings. The fraction of sp³-hybridized carbons (Fsp3) is 0.533. The van der Waals surface area contributed by atoms with Crippen molar-refractivity contribution in [2.45, 2.75) is 25.4 Å². The lowest BCUT2D eigenvalue weighted by Gasteiger charge is -2.25. The smallest absolute Gasteiger partial charge is 0.236 e. The molecule has 4 heteroatoms. The van der Waals surface area contributed by atoms with Crippen LogP contribution in [0.4, 0.5) is 0 Å². The van der Waals surface area contributed by atoms with Crippen molar-refractivity contribution in [1.82, 2.24) is 9.80 Å². The highest BCUT2D eigenvalue weighted by molar-refractivity contribution is 5.78. The number of likely N-dealkylation sites (tertiary alicyclic amines) is 1. The molecule has 104 valence electrons. The van der Waals surface area contributed by atoms with Crippen LogP contribution in [-0.4, -0.2) is 48.4 Å². The van der Waals surface area contributed by atoms with Crippen molar-refractivity contribution in [3.05, 3.63) is 35.9 Å². The molecule has 0 aliphatic carbocycles. The minimum Gasteiger partial charge on any atom is -0.340 e. The summed E-state index contributed by atoms with van der Waals surface area (Å²) in [5, 5.41) is 0. The first-order chi connectivity index (χ1) is 9.20. The van der Waals surface area contributed by atoms with Crippen LogP contribution in [0.3, 0.4) is 0 Å². The van der Waals surface area contributed by atoms with Gasteiger partial charge in [0, 0.05) is 26.2 Å². The zero-order valence-electron chi connectivity index (χ0n) is 11.6. The highest BCUT2D eigenvalue weighted by Crippen LogP contribution is 2.16. The molecule has 0 aromatic heterocycles. The zero-order valence-corrected chi connectivity index (χ0v) is 11.6. The van der Waals surface area contributed by atoms with Crippen molar-refractivity contribution in [1.29, 1.82) is 0 Å². The van der Waals surface area contributed by atoms with Crippen LogP contribution in [0.5, 0.6) is 0 Å². The molecule has 1 heterocycles. The van der Waals surface area contributed by atoms with Gasteiger partial charge in [-0.3, -0.25) is 9.69 Å². The van der Waals surface area contributed by atoms with Gasteiger partial charge in [-0.25, -0.2) is 0 Å². The predicted molar refractivity (Wildman–Crippen MR) is 76.6 cm³/mol. The quantitative estimate of drug-likeness (QED) is 0.862. The molecular formula is C15H23N3O. The molecule has 1 aromatic carbocycles. The second kappa shape index (κ2) is 6.68. The molecule has 19 heavy (non-hydrogen) atoms. The van der Waals surface area contributed by atoms with Gasteiger partial charge in [-0.05, 0) is 24.9 Å². The Hall–Kier alpha value is -1.39. The van der Waals surface area contributed by atoms with E-state index in [0.29, 0.717) is 25.7 Å². The fourth-order valence-electron chi connectivity index (χ4n) is 2.61. The first-order valence-electron chi connectivity index (χ1n) is 6.92. The second-order valence-electron chi connectivity index (χ2n) is 5.24. The first-order valence-corrected chi connectivity index (χ1v) is 6.92. The van der Waals surface area contributed by atoms with Gasteiger partial charge in [-0.1, -0.05) is 30.3 Å². The van der Waals surface area contributed by atoms with E-state index in [9.17, 15) is 4.79 Å². The average Bonchev–Trinajstić information content (AvgIpc) is 2.87. The average molecular weight is 261 g/mol. The third-order valence-electron chi connectivity index (χ3n) is 3.80. The molecule has 0 spiro atoms. The van der Waals surface area contributed by atoms with Crippen LogP contribution < -0.4 is 5.73 Å². The Morgan fingerprint density at radius 3 is 2.84 bits per heavy atom. The molecule has 1 amide bonds. The molecule has 1 atom stereocenters. The van der Waals surface area contributed by atoms with Crippen LogP contribution in [0.25, 0.3) is 0 Å². The van der Waals surface area contributed by atoms with Crippen LogP contribution >= 0.6 is 0 Å². The van der Waals surface area contributed by atoms with Gasteiger partial charge in [0.15, 0.2) is 0 Å². The predicted octanol–water partition coefficient (Wildman–Crippen LogP) is 1.07. The third-order valence-corrected chi connectivity index (χ3v) is 3.80. The van der Waals surface area contributed by atoms with Crippen molar-refractivity contribution >= 4 is 5.91 Å². The molecular weight excluding hydrogens is 238 g/mol. The van der Waals surface area contributed by atoms with E-state index in [1.807, 2.05) is 37.4 Å². The van der Waals surface area contributed by atoms with Crippen LogP contribution in [0.1, 0.15) is 18.4 Å². The number of hydrogen-bond acceptors (Lipinski definition) is 3. The number of carbonyl (C=O) groups is 1. The molecule has 0 bridgehead atoms. The van der Waals surface area contributed by atoms with Gasteiger partial charge in [0.05, 0.1) is 6.54 Å². The van der Waals surface area contributed by atoms with Crippen LogP contribution in [-0.2, 0) is 11.3 Å². The zero-order chi connectivity index (χ0) is 13.7. The summed E-state index contributed by atoms with van der Waals surface area (Å²) in [6.45, 7) is 2.80. The van der Waals surface area contributed by atoms with Crippen molar-refractivity contribution in [3.63, 3.8) is 0 Å². The molecule has 1 unspecified atom stereocenters.